The molecule has 2 aromatic carbocycles. The summed E-state index contributed by atoms with van der Waals surface area (Å²) in [6.45, 7) is 0. The minimum atomic E-state index is -0.643. The number of hydrogen-bond donors (Lipinski definition) is 4. The highest BCUT2D eigenvalue weighted by molar-refractivity contribution is 5.60. The Kier molecular flexibility index (Phi) is 3.79. The van der Waals surface area contributed by atoms with Crippen molar-refractivity contribution in [1.29, 1.82) is 0 Å². The van der Waals surface area contributed by atoms with Gasteiger partial charge >= 0.3 is 6.01 Å². The third-order valence-corrected chi connectivity index (χ3v) is 2.95. The Morgan fingerprint density at radius 2 is 1.04 bits per heavy atom. The highest BCUT2D eigenvalue weighted by Crippen LogP contribution is 2.20. The maximum absolute atomic E-state index is 11.6. The van der Waals surface area contributed by atoms with E-state index in [9.17, 15) is 5.11 Å². The van der Waals surface area contributed by atoms with Crippen LogP contribution in [0.15, 0.2) is 48.5 Å². The van der Waals surface area contributed by atoms with Crippen molar-refractivity contribution in [3.8, 4) is 6.01 Å². The Bertz CT molecular complexity index is 737. The number of hydrogen-bond acceptors (Lipinski definition) is 7. The minimum absolute atomic E-state index is 0.146. The van der Waals surface area contributed by atoms with Gasteiger partial charge in [0.15, 0.2) is 0 Å². The van der Waals surface area contributed by atoms with E-state index in [0.717, 1.165) is 0 Å². The van der Waals surface area contributed by atoms with E-state index in [2.05, 4.69) is 25.6 Å². The number of aromatic nitrogens is 3. The fourth-order valence-electron chi connectivity index (χ4n) is 1.86. The minimum Gasteiger partial charge on any atom is -0.399 e. The number of nitrogens with two attached hydrogens (primary N) is 2. The van der Waals surface area contributed by atoms with E-state index in [1.54, 1.807) is 48.5 Å². The van der Waals surface area contributed by atoms with Gasteiger partial charge in [-0.3, -0.25) is 0 Å². The fourth-order valence-corrected chi connectivity index (χ4v) is 1.86. The van der Waals surface area contributed by atoms with E-state index in [4.69, 9.17) is 11.5 Å². The molecular formula is C15H14N7O. The first-order valence-corrected chi connectivity index (χ1v) is 6.77. The molecule has 8 heteroatoms. The zero-order valence-corrected chi connectivity index (χ0v) is 12.0. The Labute approximate surface area is 132 Å². The van der Waals surface area contributed by atoms with Crippen LogP contribution in [0.2, 0.25) is 0 Å². The Morgan fingerprint density at radius 1 is 0.652 bits per heavy atom. The van der Waals surface area contributed by atoms with Crippen molar-refractivity contribution in [3.63, 3.8) is 0 Å². The molecule has 6 N–H and O–H groups in total. The van der Waals surface area contributed by atoms with Crippen molar-refractivity contribution in [2.24, 2.45) is 0 Å². The molecule has 8 nitrogen and oxygen atoms in total. The van der Waals surface area contributed by atoms with Crippen LogP contribution in [-0.2, 0) is 5.11 Å². The monoisotopic (exact) mass is 308 g/mol. The van der Waals surface area contributed by atoms with Gasteiger partial charge in [0.2, 0.25) is 11.9 Å². The molecule has 23 heavy (non-hydrogen) atoms. The van der Waals surface area contributed by atoms with Gasteiger partial charge in [-0.25, -0.2) is 5.11 Å². The van der Waals surface area contributed by atoms with Crippen LogP contribution in [0.5, 0.6) is 6.01 Å². The molecule has 1 heterocycles. The van der Waals surface area contributed by atoms with Crippen molar-refractivity contribution in [3.05, 3.63) is 48.5 Å². The van der Waals surface area contributed by atoms with Crippen molar-refractivity contribution in [1.82, 2.24) is 15.0 Å². The van der Waals surface area contributed by atoms with Crippen LogP contribution in [0, 0.1) is 0 Å². The van der Waals surface area contributed by atoms with Gasteiger partial charge in [-0.1, -0.05) is 0 Å². The molecule has 0 aliphatic heterocycles. The summed E-state index contributed by atoms with van der Waals surface area (Å²) >= 11 is 0. The van der Waals surface area contributed by atoms with E-state index in [0.29, 0.717) is 22.7 Å². The maximum Gasteiger partial charge on any atom is 0.373 e. The fraction of sp³-hybridized carbons (Fsp3) is 0. The molecule has 1 aromatic heterocycles. The highest BCUT2D eigenvalue weighted by Gasteiger charge is 2.07. The molecule has 0 fully saturated rings. The van der Waals surface area contributed by atoms with Crippen molar-refractivity contribution < 1.29 is 5.11 Å². The van der Waals surface area contributed by atoms with Crippen LogP contribution in [0.25, 0.3) is 0 Å². The summed E-state index contributed by atoms with van der Waals surface area (Å²) in [5.41, 5.74) is 14.0. The summed E-state index contributed by atoms with van der Waals surface area (Å²) in [5.74, 6) is 0.292. The third-order valence-electron chi connectivity index (χ3n) is 2.95. The number of nitrogen functional groups attached to an aromatic ring is 2. The second kappa shape index (κ2) is 6.06. The summed E-state index contributed by atoms with van der Waals surface area (Å²) in [6, 6.07) is 13.3. The van der Waals surface area contributed by atoms with Gasteiger partial charge < -0.3 is 22.1 Å². The van der Waals surface area contributed by atoms with Gasteiger partial charge in [-0.2, -0.15) is 15.0 Å². The molecule has 3 aromatic rings. The van der Waals surface area contributed by atoms with Gasteiger partial charge in [0.1, 0.15) is 0 Å². The number of nitrogens with one attached hydrogen (secondary N) is 2. The summed E-state index contributed by atoms with van der Waals surface area (Å²) in [5, 5.41) is 17.5. The predicted octanol–water partition coefficient (Wildman–Crippen LogP) is 2.67. The van der Waals surface area contributed by atoms with Crippen LogP contribution >= 0.6 is 0 Å². The average Bonchev–Trinajstić information content (AvgIpc) is 2.51. The van der Waals surface area contributed by atoms with Crippen molar-refractivity contribution in [2.75, 3.05) is 22.1 Å². The van der Waals surface area contributed by atoms with E-state index < -0.39 is 6.01 Å². The van der Waals surface area contributed by atoms with Crippen LogP contribution in [0.3, 0.4) is 0 Å². The van der Waals surface area contributed by atoms with Crippen LogP contribution in [0.4, 0.5) is 34.6 Å². The third kappa shape index (κ3) is 3.76. The summed E-state index contributed by atoms with van der Waals surface area (Å²) in [7, 11) is 0. The topological polar surface area (TPSA) is 135 Å². The summed E-state index contributed by atoms with van der Waals surface area (Å²) < 4.78 is 0. The molecule has 115 valence electrons. The van der Waals surface area contributed by atoms with E-state index in [1.807, 2.05) is 0 Å². The molecule has 0 spiro atoms. The molecule has 0 saturated carbocycles. The number of anilines is 6. The summed E-state index contributed by atoms with van der Waals surface area (Å²) in [6.07, 6.45) is 0. The first-order valence-electron chi connectivity index (χ1n) is 6.77. The molecule has 0 aliphatic rings. The second-order valence-electron chi connectivity index (χ2n) is 4.76. The van der Waals surface area contributed by atoms with Gasteiger partial charge in [-0.05, 0) is 48.5 Å². The molecule has 0 aliphatic carbocycles. The first kappa shape index (κ1) is 14.4. The molecule has 1 radical (unpaired) electrons. The first-order chi connectivity index (χ1) is 11.1. The lowest BCUT2D eigenvalue weighted by Gasteiger charge is -2.08. The van der Waals surface area contributed by atoms with Gasteiger partial charge in [-0.15, -0.1) is 0 Å². The molecule has 0 bridgehead atoms. The zero-order valence-electron chi connectivity index (χ0n) is 12.0. The van der Waals surface area contributed by atoms with Crippen LogP contribution < -0.4 is 22.1 Å². The summed E-state index contributed by atoms with van der Waals surface area (Å²) in [4.78, 5) is 11.6. The molecule has 0 amide bonds. The standard InChI is InChI=1S/C15H14N7O/c16-9-1-5-11(6-2-9)18-13-20-14(22-15(23)21-13)19-12-7-3-10(17)4-8-12/h1-8H,16-17H2,(H2,18,19,20,21,22). The lowest BCUT2D eigenvalue weighted by molar-refractivity contribution is 0.319. The Hall–Kier alpha value is -3.55. The van der Waals surface area contributed by atoms with Gasteiger partial charge in [0.25, 0.3) is 0 Å². The zero-order chi connectivity index (χ0) is 16.2. The SMILES string of the molecule is Nc1ccc(Nc2nc([O])nc(Nc3ccc(N)cc3)n2)cc1. The van der Waals surface area contributed by atoms with Gasteiger partial charge in [0, 0.05) is 22.7 Å². The largest absolute Gasteiger partial charge is 0.399 e. The smallest absolute Gasteiger partial charge is 0.373 e. The molecule has 0 atom stereocenters. The van der Waals surface area contributed by atoms with E-state index >= 15 is 0 Å². The Balaban J connectivity index is 1.81. The van der Waals surface area contributed by atoms with Crippen molar-refractivity contribution in [2.45, 2.75) is 0 Å². The normalized spacial score (nSPS) is 10.3. The second-order valence-corrected chi connectivity index (χ2v) is 4.76. The molecule has 0 unspecified atom stereocenters. The van der Waals surface area contributed by atoms with Crippen LogP contribution in [-0.4, -0.2) is 15.0 Å². The van der Waals surface area contributed by atoms with E-state index in [1.165, 1.54) is 0 Å². The lowest BCUT2D eigenvalue weighted by Crippen LogP contribution is -2.03. The van der Waals surface area contributed by atoms with E-state index in [-0.39, 0.29) is 11.9 Å². The highest BCUT2D eigenvalue weighted by atomic mass is 16.3. The number of nitrogens with zero attached hydrogens (tertiary/aromatic N) is 3. The van der Waals surface area contributed by atoms with Gasteiger partial charge in [0.05, 0.1) is 0 Å². The quantitative estimate of drug-likeness (QED) is 0.544. The average molecular weight is 308 g/mol. The van der Waals surface area contributed by atoms with Crippen molar-refractivity contribution >= 4 is 34.6 Å². The molecule has 3 rings (SSSR count). The lowest BCUT2D eigenvalue weighted by atomic mass is 10.3. The predicted molar refractivity (Wildman–Crippen MR) is 88.2 cm³/mol. The molecular weight excluding hydrogens is 294 g/mol. The number of benzene rings is 2. The maximum atomic E-state index is 11.6. The number of rotatable bonds is 4. The van der Waals surface area contributed by atoms with Crippen LogP contribution in [0.1, 0.15) is 0 Å². The Morgan fingerprint density at radius 3 is 1.43 bits per heavy atom. The molecule has 0 saturated heterocycles.